The molecule has 0 unspecified atom stereocenters. The maximum atomic E-state index is 12.6. The van der Waals surface area contributed by atoms with Gasteiger partial charge in [-0.05, 0) is 80.1 Å². The molecule has 1 amide bonds. The van der Waals surface area contributed by atoms with Gasteiger partial charge in [-0.2, -0.15) is 0 Å². The average Bonchev–Trinajstić information content (AvgIpc) is 3.18. The molecule has 10 heteroatoms. The van der Waals surface area contributed by atoms with E-state index in [4.69, 9.17) is 5.73 Å². The molecule has 198 valence electrons. The van der Waals surface area contributed by atoms with Crippen LogP contribution in [0.15, 0.2) is 54.7 Å². The maximum Gasteiger partial charge on any atom is 0.573 e. The molecular formula is C27H31F3N4O3. The number of alkyl halides is 3. The van der Waals surface area contributed by atoms with Gasteiger partial charge in [0.25, 0.3) is 0 Å². The Labute approximate surface area is 213 Å². The van der Waals surface area contributed by atoms with Crippen molar-refractivity contribution in [1.82, 2.24) is 14.5 Å². The lowest BCUT2D eigenvalue weighted by atomic mass is 9.74. The van der Waals surface area contributed by atoms with E-state index in [9.17, 15) is 23.1 Å². The molecular weight excluding hydrogens is 485 g/mol. The van der Waals surface area contributed by atoms with Crippen LogP contribution in [-0.4, -0.2) is 51.5 Å². The third-order valence-corrected chi connectivity index (χ3v) is 7.07. The lowest BCUT2D eigenvalue weighted by molar-refractivity contribution is -0.274. The lowest BCUT2D eigenvalue weighted by Gasteiger charge is -2.41. The van der Waals surface area contributed by atoms with E-state index in [-0.39, 0.29) is 12.4 Å². The number of likely N-dealkylation sites (tertiary alicyclic amines) is 1. The Kier molecular flexibility index (Phi) is 7.89. The molecule has 1 aliphatic heterocycles. The predicted octanol–water partition coefficient (Wildman–Crippen LogP) is 4.05. The van der Waals surface area contributed by atoms with Gasteiger partial charge < -0.3 is 20.1 Å². The zero-order valence-corrected chi connectivity index (χ0v) is 20.7. The summed E-state index contributed by atoms with van der Waals surface area (Å²) in [7, 11) is 0. The van der Waals surface area contributed by atoms with Crippen LogP contribution < -0.4 is 10.5 Å². The molecule has 0 saturated carbocycles. The van der Waals surface area contributed by atoms with E-state index < -0.39 is 17.7 Å². The Morgan fingerprint density at radius 1 is 1.11 bits per heavy atom. The number of nitrogens with two attached hydrogens (primary N) is 1. The molecule has 0 spiro atoms. The Hall–Kier alpha value is -3.37. The van der Waals surface area contributed by atoms with Crippen molar-refractivity contribution in [3.63, 3.8) is 0 Å². The minimum Gasteiger partial charge on any atom is -0.406 e. The fourth-order valence-electron chi connectivity index (χ4n) is 4.91. The fourth-order valence-corrected chi connectivity index (χ4v) is 4.91. The van der Waals surface area contributed by atoms with Gasteiger partial charge in [-0.15, -0.1) is 13.2 Å². The second-order valence-corrected chi connectivity index (χ2v) is 9.75. The number of hydrogen-bond donors (Lipinski definition) is 2. The monoisotopic (exact) mass is 516 g/mol. The van der Waals surface area contributed by atoms with Crippen LogP contribution in [0.5, 0.6) is 5.75 Å². The van der Waals surface area contributed by atoms with Crippen LogP contribution in [0.1, 0.15) is 45.8 Å². The summed E-state index contributed by atoms with van der Waals surface area (Å²) in [6.45, 7) is 4.71. The van der Waals surface area contributed by atoms with Crippen molar-refractivity contribution in [1.29, 1.82) is 0 Å². The molecule has 2 aromatic carbocycles. The Bertz CT molecular complexity index is 1220. The molecule has 3 N–H and O–H groups in total. The number of piperidine rings is 1. The van der Waals surface area contributed by atoms with Crippen LogP contribution in [0.25, 0.3) is 0 Å². The van der Waals surface area contributed by atoms with Crippen LogP contribution in [0, 0.1) is 12.3 Å². The third kappa shape index (κ3) is 6.90. The van der Waals surface area contributed by atoms with Crippen LogP contribution in [0.4, 0.5) is 13.2 Å². The summed E-state index contributed by atoms with van der Waals surface area (Å²) in [4.78, 5) is 18.1. The van der Waals surface area contributed by atoms with Gasteiger partial charge in [0.05, 0.1) is 5.69 Å². The average molecular weight is 517 g/mol. The van der Waals surface area contributed by atoms with Crippen molar-refractivity contribution in [3.05, 3.63) is 82.9 Å². The van der Waals surface area contributed by atoms with E-state index in [0.717, 1.165) is 43.0 Å². The number of amides is 1. The standard InChI is InChI=1S/C27H31F3N4O3/c1-19-32-15-23(34(19)16-20-5-7-22(8-6-20)25(31)36)17-33-11-9-26(18-35,10-12-33)14-21-3-2-4-24(13-21)37-27(28,29)30/h2-8,13,15,35H,9-12,14,16-18H2,1H3,(H2,31,36). The first-order valence-electron chi connectivity index (χ1n) is 12.1. The van der Waals surface area contributed by atoms with Crippen LogP contribution in [0.2, 0.25) is 0 Å². The molecule has 4 rings (SSSR count). The summed E-state index contributed by atoms with van der Waals surface area (Å²) >= 11 is 0. The van der Waals surface area contributed by atoms with E-state index in [2.05, 4.69) is 19.2 Å². The summed E-state index contributed by atoms with van der Waals surface area (Å²) in [5, 5.41) is 10.2. The zero-order valence-electron chi connectivity index (χ0n) is 20.7. The van der Waals surface area contributed by atoms with Gasteiger partial charge in [-0.25, -0.2) is 4.98 Å². The van der Waals surface area contributed by atoms with Gasteiger partial charge >= 0.3 is 6.36 Å². The number of halogens is 3. The summed E-state index contributed by atoms with van der Waals surface area (Å²) in [6.07, 6.45) is -0.959. The van der Waals surface area contributed by atoms with Crippen molar-refractivity contribution in [2.75, 3.05) is 19.7 Å². The van der Waals surface area contributed by atoms with Gasteiger partial charge in [0.1, 0.15) is 11.6 Å². The minimum absolute atomic E-state index is 0.0382. The molecule has 0 bridgehead atoms. The van der Waals surface area contributed by atoms with E-state index in [1.807, 2.05) is 25.3 Å². The molecule has 37 heavy (non-hydrogen) atoms. The quantitative estimate of drug-likeness (QED) is 0.448. The maximum absolute atomic E-state index is 12.6. The molecule has 2 heterocycles. The Morgan fingerprint density at radius 2 is 1.81 bits per heavy atom. The van der Waals surface area contributed by atoms with Gasteiger partial charge in [0.15, 0.2) is 0 Å². The number of imidazole rings is 1. The normalized spacial score (nSPS) is 16.0. The molecule has 1 saturated heterocycles. The number of aromatic nitrogens is 2. The SMILES string of the molecule is Cc1ncc(CN2CCC(CO)(Cc3cccc(OC(F)(F)F)c3)CC2)n1Cc1ccc(C(N)=O)cc1. The highest BCUT2D eigenvalue weighted by Crippen LogP contribution is 2.36. The number of carbonyl (C=O) groups excluding carboxylic acids is 1. The minimum atomic E-state index is -4.74. The zero-order chi connectivity index (χ0) is 26.6. The van der Waals surface area contributed by atoms with Gasteiger partial charge in [0, 0.05) is 31.5 Å². The van der Waals surface area contributed by atoms with Crippen molar-refractivity contribution in [2.45, 2.75) is 45.6 Å². The largest absolute Gasteiger partial charge is 0.573 e. The topological polar surface area (TPSA) is 93.6 Å². The summed E-state index contributed by atoms with van der Waals surface area (Å²) in [5.74, 6) is 0.178. The fraction of sp³-hybridized carbons (Fsp3) is 0.407. The van der Waals surface area contributed by atoms with Gasteiger partial charge in [0.2, 0.25) is 5.91 Å². The number of nitrogens with zero attached hydrogens (tertiary/aromatic N) is 3. The lowest BCUT2D eigenvalue weighted by Crippen LogP contribution is -2.43. The summed E-state index contributed by atoms with van der Waals surface area (Å²) in [5.41, 5.74) is 8.20. The van der Waals surface area contributed by atoms with E-state index in [0.29, 0.717) is 30.6 Å². The molecule has 1 aliphatic rings. The smallest absolute Gasteiger partial charge is 0.406 e. The van der Waals surface area contributed by atoms with Crippen molar-refractivity contribution in [3.8, 4) is 5.75 Å². The van der Waals surface area contributed by atoms with E-state index >= 15 is 0 Å². The molecule has 0 atom stereocenters. The summed E-state index contributed by atoms with van der Waals surface area (Å²) < 4.78 is 44.0. The number of carbonyl (C=O) groups is 1. The molecule has 0 radical (unpaired) electrons. The van der Waals surface area contributed by atoms with Gasteiger partial charge in [-0.1, -0.05) is 24.3 Å². The Morgan fingerprint density at radius 3 is 2.43 bits per heavy atom. The first-order chi connectivity index (χ1) is 17.6. The molecule has 1 fully saturated rings. The highest BCUT2D eigenvalue weighted by molar-refractivity contribution is 5.92. The molecule has 0 aliphatic carbocycles. The van der Waals surface area contributed by atoms with Gasteiger partial charge in [-0.3, -0.25) is 9.69 Å². The number of aliphatic hydroxyl groups is 1. The number of aliphatic hydroxyl groups excluding tert-OH is 1. The Balaban J connectivity index is 1.38. The molecule has 7 nitrogen and oxygen atoms in total. The van der Waals surface area contributed by atoms with Crippen LogP contribution in [0.3, 0.4) is 0 Å². The highest BCUT2D eigenvalue weighted by Gasteiger charge is 2.35. The van der Waals surface area contributed by atoms with Crippen molar-refractivity contribution in [2.24, 2.45) is 11.1 Å². The third-order valence-electron chi connectivity index (χ3n) is 7.07. The molecule has 1 aromatic heterocycles. The highest BCUT2D eigenvalue weighted by atomic mass is 19.4. The number of hydrogen-bond acceptors (Lipinski definition) is 5. The summed E-state index contributed by atoms with van der Waals surface area (Å²) in [6, 6.07) is 13.2. The number of rotatable bonds is 9. The number of ether oxygens (including phenoxy) is 1. The van der Waals surface area contributed by atoms with Crippen molar-refractivity contribution >= 4 is 5.91 Å². The first kappa shape index (κ1) is 26.7. The van der Waals surface area contributed by atoms with E-state index in [1.54, 1.807) is 24.3 Å². The predicted molar refractivity (Wildman–Crippen MR) is 132 cm³/mol. The number of primary amides is 1. The number of aryl methyl sites for hydroxylation is 1. The van der Waals surface area contributed by atoms with Crippen LogP contribution >= 0.6 is 0 Å². The van der Waals surface area contributed by atoms with Crippen molar-refractivity contribution < 1.29 is 27.8 Å². The first-order valence-corrected chi connectivity index (χ1v) is 12.1. The second kappa shape index (κ2) is 10.9. The van der Waals surface area contributed by atoms with E-state index in [1.165, 1.54) is 12.1 Å². The number of benzene rings is 2. The second-order valence-electron chi connectivity index (χ2n) is 9.75. The molecule has 3 aromatic rings. The van der Waals surface area contributed by atoms with Crippen LogP contribution in [-0.2, 0) is 19.5 Å².